The molecule has 1 aliphatic rings. The van der Waals surface area contributed by atoms with E-state index >= 15 is 0 Å². The van der Waals surface area contributed by atoms with Crippen molar-refractivity contribution in [1.82, 2.24) is 9.97 Å². The van der Waals surface area contributed by atoms with Crippen molar-refractivity contribution in [1.29, 1.82) is 0 Å². The van der Waals surface area contributed by atoms with Gasteiger partial charge in [0.1, 0.15) is 22.3 Å². The smallest absolute Gasteiger partial charge is 0.224 e. The van der Waals surface area contributed by atoms with Gasteiger partial charge < -0.3 is 14.4 Å². The molecule has 1 aromatic heterocycles. The predicted octanol–water partition coefficient (Wildman–Crippen LogP) is 3.81. The molecule has 1 amide bonds. The third-order valence-corrected chi connectivity index (χ3v) is 5.19. The summed E-state index contributed by atoms with van der Waals surface area (Å²) in [6.07, 6.45) is 4.67. The Morgan fingerprint density at radius 1 is 1.25 bits per heavy atom. The summed E-state index contributed by atoms with van der Waals surface area (Å²) in [7, 11) is 5.01. The van der Waals surface area contributed by atoms with Crippen LogP contribution in [0, 0.1) is 5.92 Å². The molecule has 0 radical (unpaired) electrons. The van der Waals surface area contributed by atoms with Crippen LogP contribution in [0.25, 0.3) is 0 Å². The van der Waals surface area contributed by atoms with Crippen molar-refractivity contribution in [2.75, 3.05) is 37.6 Å². The van der Waals surface area contributed by atoms with E-state index < -0.39 is 0 Å². The largest absolute Gasteiger partial charge is 0.497 e. The molecule has 0 bridgehead atoms. The molecule has 1 fully saturated rings. The maximum Gasteiger partial charge on any atom is 0.224 e. The molecule has 1 saturated carbocycles. The second-order valence-corrected chi connectivity index (χ2v) is 7.42. The minimum atomic E-state index is 0.102. The van der Waals surface area contributed by atoms with Crippen LogP contribution in [0.5, 0.6) is 11.5 Å². The maximum absolute atomic E-state index is 11.7. The van der Waals surface area contributed by atoms with Crippen molar-refractivity contribution < 1.29 is 14.3 Å². The third-order valence-electron chi connectivity index (χ3n) is 4.63. The van der Waals surface area contributed by atoms with Gasteiger partial charge in [-0.15, -0.1) is 0 Å². The van der Waals surface area contributed by atoms with E-state index in [1.807, 2.05) is 18.0 Å². The highest BCUT2D eigenvalue weighted by atomic mass is 35.5. The summed E-state index contributed by atoms with van der Waals surface area (Å²) < 4.78 is 10.7. The summed E-state index contributed by atoms with van der Waals surface area (Å²) in [5, 5.41) is 0.567. The SMILES string of the molecule is COc1cc(OC)c(Cl)c(N(C)Cc2cnc(Cl)nc2N(C=O)CC2CC2)c1. The normalized spacial score (nSPS) is 13.2. The standard InChI is InChI=1S/C19H22Cl2N4O3/c1-24(15-6-14(27-2)7-16(28-3)17(15)20)10-13-8-22-19(21)23-18(13)25(11-26)9-12-4-5-12/h6-8,11-12H,4-5,9-10H2,1-3H3. The van der Waals surface area contributed by atoms with Gasteiger partial charge in [-0.2, -0.15) is 4.98 Å². The first kappa shape index (κ1) is 20.5. The fourth-order valence-electron chi connectivity index (χ4n) is 2.94. The highest BCUT2D eigenvalue weighted by Gasteiger charge is 2.27. The number of aromatic nitrogens is 2. The van der Waals surface area contributed by atoms with Gasteiger partial charge in [0.2, 0.25) is 11.7 Å². The lowest BCUT2D eigenvalue weighted by Gasteiger charge is -2.25. The lowest BCUT2D eigenvalue weighted by molar-refractivity contribution is -0.107. The van der Waals surface area contributed by atoms with Gasteiger partial charge in [-0.3, -0.25) is 9.69 Å². The van der Waals surface area contributed by atoms with Crippen LogP contribution in [-0.4, -0.2) is 44.2 Å². The number of nitrogens with zero attached hydrogens (tertiary/aromatic N) is 4. The van der Waals surface area contributed by atoms with Crippen molar-refractivity contribution in [2.45, 2.75) is 19.4 Å². The zero-order valence-corrected chi connectivity index (χ0v) is 17.5. The monoisotopic (exact) mass is 424 g/mol. The number of methoxy groups -OCH3 is 2. The molecule has 0 spiro atoms. The van der Waals surface area contributed by atoms with Crippen LogP contribution in [-0.2, 0) is 11.3 Å². The predicted molar refractivity (Wildman–Crippen MR) is 110 cm³/mol. The van der Waals surface area contributed by atoms with Crippen molar-refractivity contribution in [3.8, 4) is 11.5 Å². The van der Waals surface area contributed by atoms with Gasteiger partial charge in [-0.1, -0.05) is 11.6 Å². The molecule has 0 N–H and O–H groups in total. The summed E-state index contributed by atoms with van der Waals surface area (Å²) in [5.74, 6) is 2.17. The van der Waals surface area contributed by atoms with Gasteiger partial charge >= 0.3 is 0 Å². The number of benzene rings is 1. The van der Waals surface area contributed by atoms with Crippen molar-refractivity contribution in [2.24, 2.45) is 5.92 Å². The van der Waals surface area contributed by atoms with Crippen LogP contribution in [0.2, 0.25) is 10.3 Å². The molecule has 0 unspecified atom stereocenters. The zero-order valence-electron chi connectivity index (χ0n) is 16.0. The quantitative estimate of drug-likeness (QED) is 0.450. The number of hydrogen-bond donors (Lipinski definition) is 0. The van der Waals surface area contributed by atoms with Gasteiger partial charge in [0.25, 0.3) is 0 Å². The Kier molecular flexibility index (Phi) is 6.46. The Balaban J connectivity index is 1.92. The number of carbonyl (C=O) groups excluding carboxylic acids is 1. The molecular formula is C19H22Cl2N4O3. The Morgan fingerprint density at radius 2 is 2.00 bits per heavy atom. The number of carbonyl (C=O) groups is 1. The van der Waals surface area contributed by atoms with E-state index in [4.69, 9.17) is 32.7 Å². The van der Waals surface area contributed by atoms with Gasteiger partial charge in [0, 0.05) is 44.0 Å². The summed E-state index contributed by atoms with van der Waals surface area (Å²) >= 11 is 12.5. The molecule has 2 aromatic rings. The van der Waals surface area contributed by atoms with Crippen molar-refractivity contribution >= 4 is 41.1 Å². The number of hydrogen-bond acceptors (Lipinski definition) is 6. The lowest BCUT2D eigenvalue weighted by atomic mass is 10.2. The maximum atomic E-state index is 11.7. The minimum Gasteiger partial charge on any atom is -0.497 e. The van der Waals surface area contributed by atoms with Crippen molar-refractivity contribution in [3.63, 3.8) is 0 Å². The van der Waals surface area contributed by atoms with E-state index in [0.29, 0.717) is 41.3 Å². The third kappa shape index (κ3) is 4.59. The van der Waals surface area contributed by atoms with Crippen LogP contribution in [0.4, 0.5) is 11.5 Å². The Morgan fingerprint density at radius 3 is 2.61 bits per heavy atom. The average Bonchev–Trinajstić information content (AvgIpc) is 3.51. The van der Waals surface area contributed by atoms with Crippen LogP contribution in [0.15, 0.2) is 18.3 Å². The summed E-state index contributed by atoms with van der Waals surface area (Å²) in [4.78, 5) is 23.6. The van der Waals surface area contributed by atoms with Crippen molar-refractivity contribution in [3.05, 3.63) is 34.2 Å². The lowest BCUT2D eigenvalue weighted by Crippen LogP contribution is -2.28. The second-order valence-electron chi connectivity index (χ2n) is 6.71. The van der Waals surface area contributed by atoms with E-state index in [1.54, 1.807) is 31.4 Å². The Bertz CT molecular complexity index is 861. The number of rotatable bonds is 9. The first-order valence-electron chi connectivity index (χ1n) is 8.82. The molecule has 1 heterocycles. The summed E-state index contributed by atoms with van der Waals surface area (Å²) in [5.41, 5.74) is 1.48. The molecular weight excluding hydrogens is 403 g/mol. The van der Waals surface area contributed by atoms with Crippen LogP contribution >= 0.6 is 23.2 Å². The number of anilines is 2. The average molecular weight is 425 g/mol. The molecule has 9 heteroatoms. The highest BCUT2D eigenvalue weighted by molar-refractivity contribution is 6.34. The zero-order chi connectivity index (χ0) is 20.3. The van der Waals surface area contributed by atoms with Gasteiger partial charge in [0.15, 0.2) is 0 Å². The Hall–Kier alpha value is -2.25. The van der Waals surface area contributed by atoms with E-state index in [-0.39, 0.29) is 5.28 Å². The van der Waals surface area contributed by atoms with Gasteiger partial charge in [-0.25, -0.2) is 4.98 Å². The molecule has 1 aliphatic carbocycles. The highest BCUT2D eigenvalue weighted by Crippen LogP contribution is 2.39. The molecule has 0 aliphatic heterocycles. The molecule has 1 aromatic carbocycles. The van der Waals surface area contributed by atoms with Crippen LogP contribution in [0.1, 0.15) is 18.4 Å². The van der Waals surface area contributed by atoms with Crippen LogP contribution in [0.3, 0.4) is 0 Å². The number of ether oxygens (including phenoxy) is 2. The van der Waals surface area contributed by atoms with Crippen LogP contribution < -0.4 is 19.3 Å². The fraction of sp³-hybridized carbons (Fsp3) is 0.421. The second kappa shape index (κ2) is 8.84. The molecule has 150 valence electrons. The Labute approximate surface area is 174 Å². The fourth-order valence-corrected chi connectivity index (χ4v) is 3.40. The number of halogens is 2. The topological polar surface area (TPSA) is 67.8 Å². The summed E-state index contributed by atoms with van der Waals surface area (Å²) in [6, 6.07) is 3.54. The van der Waals surface area contributed by atoms with Gasteiger partial charge in [0.05, 0.1) is 19.9 Å². The van der Waals surface area contributed by atoms with E-state index in [9.17, 15) is 4.79 Å². The molecule has 7 nitrogen and oxygen atoms in total. The number of amides is 1. The van der Waals surface area contributed by atoms with E-state index in [1.165, 1.54) is 0 Å². The van der Waals surface area contributed by atoms with E-state index in [2.05, 4.69) is 9.97 Å². The first-order valence-corrected chi connectivity index (χ1v) is 9.58. The first-order chi connectivity index (χ1) is 13.5. The van der Waals surface area contributed by atoms with E-state index in [0.717, 1.165) is 30.5 Å². The van der Waals surface area contributed by atoms with Gasteiger partial charge in [-0.05, 0) is 30.4 Å². The summed E-state index contributed by atoms with van der Waals surface area (Å²) in [6.45, 7) is 1.04. The molecule has 0 atom stereocenters. The minimum absolute atomic E-state index is 0.102. The molecule has 0 saturated heterocycles. The molecule has 3 rings (SSSR count). The molecule has 28 heavy (non-hydrogen) atoms.